The van der Waals surface area contributed by atoms with Gasteiger partial charge in [0, 0.05) is 24.9 Å². The summed E-state index contributed by atoms with van der Waals surface area (Å²) in [7, 11) is 1.87. The molecule has 0 radical (unpaired) electrons. The molecule has 1 N–H and O–H groups in total. The van der Waals surface area contributed by atoms with Crippen LogP contribution in [0, 0.1) is 5.82 Å². The number of nitrogens with one attached hydrogen (secondary N) is 1. The molecule has 0 saturated heterocycles. The van der Waals surface area contributed by atoms with Crippen molar-refractivity contribution < 1.29 is 4.39 Å². The number of halogens is 1. The van der Waals surface area contributed by atoms with Crippen molar-refractivity contribution >= 4 is 0 Å². The van der Waals surface area contributed by atoms with Crippen LogP contribution in [0.25, 0.3) is 0 Å². The van der Waals surface area contributed by atoms with Gasteiger partial charge in [-0.2, -0.15) is 5.10 Å². The maximum absolute atomic E-state index is 13.3. The molecule has 0 aliphatic carbocycles. The minimum absolute atomic E-state index is 0.0123. The first-order valence-electron chi connectivity index (χ1n) is 7.49. The maximum Gasteiger partial charge on any atom is 0.141 e. The Labute approximate surface area is 125 Å². The first-order chi connectivity index (χ1) is 10.2. The van der Waals surface area contributed by atoms with Gasteiger partial charge in [-0.15, -0.1) is 0 Å². The van der Waals surface area contributed by atoms with Gasteiger partial charge in [0.25, 0.3) is 0 Å². The SMILES string of the molecule is CCC(CC)n1ccc(CC(NC)c2cncc(F)c2)n1. The molecule has 1 unspecified atom stereocenters. The Morgan fingerprint density at radius 2 is 2.05 bits per heavy atom. The number of nitrogens with zero attached hydrogens (tertiary/aromatic N) is 3. The molecule has 0 saturated carbocycles. The summed E-state index contributed by atoms with van der Waals surface area (Å²) in [6, 6.07) is 4.02. The Bertz CT molecular complexity index is 563. The summed E-state index contributed by atoms with van der Waals surface area (Å²) < 4.78 is 15.3. The van der Waals surface area contributed by atoms with Crippen molar-refractivity contribution in [3.05, 3.63) is 47.8 Å². The molecule has 2 aromatic heterocycles. The van der Waals surface area contributed by atoms with E-state index < -0.39 is 0 Å². The summed E-state index contributed by atoms with van der Waals surface area (Å²) in [5.41, 5.74) is 1.85. The van der Waals surface area contributed by atoms with Gasteiger partial charge in [-0.25, -0.2) is 4.39 Å². The molecule has 0 aromatic carbocycles. The van der Waals surface area contributed by atoms with Crippen LogP contribution in [0.2, 0.25) is 0 Å². The number of hydrogen-bond acceptors (Lipinski definition) is 3. The highest BCUT2D eigenvalue weighted by Gasteiger charge is 2.14. The Balaban J connectivity index is 2.12. The predicted octanol–water partition coefficient (Wildman–Crippen LogP) is 3.28. The van der Waals surface area contributed by atoms with Crippen LogP contribution in [-0.4, -0.2) is 21.8 Å². The highest BCUT2D eigenvalue weighted by atomic mass is 19.1. The second-order valence-electron chi connectivity index (χ2n) is 5.24. The summed E-state index contributed by atoms with van der Waals surface area (Å²) in [4.78, 5) is 3.91. The lowest BCUT2D eigenvalue weighted by atomic mass is 10.0. The lowest BCUT2D eigenvalue weighted by Gasteiger charge is -2.16. The Kier molecular flexibility index (Phi) is 5.44. The van der Waals surface area contributed by atoms with Crippen LogP contribution in [0.5, 0.6) is 0 Å². The summed E-state index contributed by atoms with van der Waals surface area (Å²) in [6.07, 6.45) is 7.81. The topological polar surface area (TPSA) is 42.7 Å². The van der Waals surface area contributed by atoms with Crippen LogP contribution in [0.1, 0.15) is 50.0 Å². The minimum Gasteiger partial charge on any atom is -0.313 e. The van der Waals surface area contributed by atoms with Gasteiger partial charge in [-0.05, 0) is 37.6 Å². The van der Waals surface area contributed by atoms with Crippen LogP contribution >= 0.6 is 0 Å². The van der Waals surface area contributed by atoms with Crippen LogP contribution in [0.15, 0.2) is 30.7 Å². The molecule has 2 aromatic rings. The molecule has 1 atom stereocenters. The first-order valence-corrected chi connectivity index (χ1v) is 7.49. The van der Waals surface area contributed by atoms with E-state index in [0.29, 0.717) is 6.04 Å². The van der Waals surface area contributed by atoms with Crippen molar-refractivity contribution in [2.45, 2.75) is 45.2 Å². The van der Waals surface area contributed by atoms with Crippen molar-refractivity contribution in [2.75, 3.05) is 7.05 Å². The van der Waals surface area contributed by atoms with Gasteiger partial charge in [0.05, 0.1) is 17.9 Å². The number of pyridine rings is 1. The van der Waals surface area contributed by atoms with Crippen LogP contribution < -0.4 is 5.32 Å². The quantitative estimate of drug-likeness (QED) is 0.851. The third-order valence-corrected chi connectivity index (χ3v) is 3.87. The van der Waals surface area contributed by atoms with E-state index in [0.717, 1.165) is 30.5 Å². The fourth-order valence-electron chi connectivity index (χ4n) is 2.57. The van der Waals surface area contributed by atoms with Gasteiger partial charge < -0.3 is 5.32 Å². The van der Waals surface area contributed by atoms with Gasteiger partial charge in [0.15, 0.2) is 0 Å². The van der Waals surface area contributed by atoms with Gasteiger partial charge in [-0.1, -0.05) is 13.8 Å². The maximum atomic E-state index is 13.3. The molecule has 0 bridgehead atoms. The Hall–Kier alpha value is -1.75. The molecule has 2 heterocycles. The highest BCUT2D eigenvalue weighted by molar-refractivity contribution is 5.17. The van der Waals surface area contributed by atoms with E-state index >= 15 is 0 Å². The average molecular weight is 290 g/mol. The standard InChI is InChI=1S/C16H23FN4/c1-4-15(5-2)21-7-6-14(20-21)9-16(18-3)12-8-13(17)11-19-10-12/h6-8,10-11,15-16,18H,4-5,9H2,1-3H3. The molecule has 0 aliphatic heterocycles. The lowest BCUT2D eigenvalue weighted by molar-refractivity contribution is 0.423. The molecule has 4 nitrogen and oxygen atoms in total. The van der Waals surface area contributed by atoms with Crippen LogP contribution in [0.3, 0.4) is 0 Å². The Morgan fingerprint density at radius 1 is 1.29 bits per heavy atom. The summed E-state index contributed by atoms with van der Waals surface area (Å²) in [5, 5.41) is 7.86. The van der Waals surface area contributed by atoms with Gasteiger partial charge in [0.1, 0.15) is 5.82 Å². The monoisotopic (exact) mass is 290 g/mol. The van der Waals surface area contributed by atoms with Gasteiger partial charge in [0.2, 0.25) is 0 Å². The first kappa shape index (κ1) is 15.6. The van der Waals surface area contributed by atoms with E-state index in [-0.39, 0.29) is 11.9 Å². The predicted molar refractivity (Wildman–Crippen MR) is 81.5 cm³/mol. The summed E-state index contributed by atoms with van der Waals surface area (Å²) >= 11 is 0. The largest absolute Gasteiger partial charge is 0.313 e. The zero-order valence-electron chi connectivity index (χ0n) is 12.9. The van der Waals surface area contributed by atoms with Crippen molar-refractivity contribution in [1.82, 2.24) is 20.1 Å². The average Bonchev–Trinajstić information content (AvgIpc) is 2.94. The highest BCUT2D eigenvalue weighted by Crippen LogP contribution is 2.19. The third-order valence-electron chi connectivity index (χ3n) is 3.87. The number of hydrogen-bond donors (Lipinski definition) is 1. The van der Waals surface area contributed by atoms with Crippen molar-refractivity contribution in [3.63, 3.8) is 0 Å². The van der Waals surface area contributed by atoms with E-state index in [4.69, 9.17) is 0 Å². The van der Waals surface area contributed by atoms with Crippen molar-refractivity contribution in [3.8, 4) is 0 Å². The minimum atomic E-state index is -0.310. The second-order valence-corrected chi connectivity index (χ2v) is 5.24. The van der Waals surface area contributed by atoms with E-state index in [1.807, 2.05) is 24.0 Å². The van der Waals surface area contributed by atoms with Crippen LogP contribution in [0.4, 0.5) is 4.39 Å². The zero-order valence-corrected chi connectivity index (χ0v) is 12.9. The molecule has 5 heteroatoms. The summed E-state index contributed by atoms with van der Waals surface area (Å²) in [5.74, 6) is -0.310. The fourth-order valence-corrected chi connectivity index (χ4v) is 2.57. The number of rotatable bonds is 7. The van der Waals surface area contributed by atoms with E-state index in [1.54, 1.807) is 6.20 Å². The fraction of sp³-hybridized carbons (Fsp3) is 0.500. The van der Waals surface area contributed by atoms with Crippen molar-refractivity contribution in [2.24, 2.45) is 0 Å². The molecule has 0 aliphatic rings. The number of aromatic nitrogens is 3. The molecule has 0 amide bonds. The molecular weight excluding hydrogens is 267 g/mol. The normalized spacial score (nSPS) is 12.8. The summed E-state index contributed by atoms with van der Waals surface area (Å²) in [6.45, 7) is 4.34. The van der Waals surface area contributed by atoms with E-state index in [2.05, 4.69) is 29.2 Å². The molecule has 21 heavy (non-hydrogen) atoms. The smallest absolute Gasteiger partial charge is 0.141 e. The van der Waals surface area contributed by atoms with Crippen LogP contribution in [-0.2, 0) is 6.42 Å². The van der Waals surface area contributed by atoms with Crippen molar-refractivity contribution in [1.29, 1.82) is 0 Å². The van der Waals surface area contributed by atoms with E-state index in [9.17, 15) is 4.39 Å². The third kappa shape index (κ3) is 3.88. The molecule has 2 rings (SSSR count). The zero-order chi connectivity index (χ0) is 15.2. The lowest BCUT2D eigenvalue weighted by Crippen LogP contribution is -2.19. The molecular formula is C16H23FN4. The van der Waals surface area contributed by atoms with Gasteiger partial charge in [-0.3, -0.25) is 9.67 Å². The molecule has 0 spiro atoms. The molecule has 0 fully saturated rings. The van der Waals surface area contributed by atoms with Gasteiger partial charge >= 0.3 is 0 Å². The number of likely N-dealkylation sites (N-methyl/N-ethyl adjacent to an activating group) is 1. The molecule has 114 valence electrons. The van der Waals surface area contributed by atoms with E-state index in [1.165, 1.54) is 12.3 Å². The Morgan fingerprint density at radius 3 is 2.67 bits per heavy atom. The second kappa shape index (κ2) is 7.31.